The number of hydrogen-bond donors (Lipinski definition) is 1. The maximum atomic E-state index is 12.4. The highest BCUT2D eigenvalue weighted by Gasteiger charge is 2.31. The largest absolute Gasteiger partial charge is 0.389 e. The van der Waals surface area contributed by atoms with E-state index in [0.717, 1.165) is 12.8 Å². The SMILES string of the molecule is CCNC(=NCCCCC(F)(F)F)N1CCN(C(=O)C2CCCO2)CC1.I. The lowest BCUT2D eigenvalue weighted by molar-refractivity contribution is -0.142. The number of nitrogens with zero attached hydrogens (tertiary/aromatic N) is 3. The van der Waals surface area contributed by atoms with Crippen molar-refractivity contribution in [2.24, 2.45) is 4.99 Å². The minimum atomic E-state index is -4.10. The summed E-state index contributed by atoms with van der Waals surface area (Å²) in [6, 6.07) is 0. The van der Waals surface area contributed by atoms with Crippen LogP contribution in [-0.4, -0.2) is 79.8 Å². The number of aliphatic imine (C=N–C) groups is 1. The van der Waals surface area contributed by atoms with E-state index in [9.17, 15) is 18.0 Å². The summed E-state index contributed by atoms with van der Waals surface area (Å²) < 4.78 is 42.0. The lowest BCUT2D eigenvalue weighted by atomic mass is 10.2. The van der Waals surface area contributed by atoms with Gasteiger partial charge in [-0.2, -0.15) is 13.2 Å². The molecule has 10 heteroatoms. The molecule has 27 heavy (non-hydrogen) atoms. The van der Waals surface area contributed by atoms with E-state index in [1.54, 1.807) is 0 Å². The van der Waals surface area contributed by atoms with Crippen molar-refractivity contribution < 1.29 is 22.7 Å². The van der Waals surface area contributed by atoms with Crippen molar-refractivity contribution in [1.82, 2.24) is 15.1 Å². The molecular weight excluding hydrogens is 476 g/mol. The van der Waals surface area contributed by atoms with Crippen LogP contribution in [0.25, 0.3) is 0 Å². The van der Waals surface area contributed by atoms with Gasteiger partial charge in [-0.05, 0) is 32.6 Å². The molecule has 2 fully saturated rings. The second-order valence-corrected chi connectivity index (χ2v) is 6.62. The predicted octanol–water partition coefficient (Wildman–Crippen LogP) is 2.63. The highest BCUT2D eigenvalue weighted by molar-refractivity contribution is 14.0. The van der Waals surface area contributed by atoms with Gasteiger partial charge in [0.1, 0.15) is 6.10 Å². The summed E-state index contributed by atoms with van der Waals surface area (Å²) in [6.45, 7) is 6.20. The first-order valence-corrected chi connectivity index (χ1v) is 9.41. The van der Waals surface area contributed by atoms with Gasteiger partial charge in [-0.1, -0.05) is 0 Å². The van der Waals surface area contributed by atoms with Crippen LogP contribution in [0.5, 0.6) is 0 Å². The number of ether oxygens (including phenoxy) is 1. The number of guanidine groups is 1. The fourth-order valence-electron chi connectivity index (χ4n) is 3.16. The Hall–Kier alpha value is -0.780. The Morgan fingerprint density at radius 1 is 1.19 bits per heavy atom. The lowest BCUT2D eigenvalue weighted by Crippen LogP contribution is -2.55. The van der Waals surface area contributed by atoms with Crippen molar-refractivity contribution in [3.05, 3.63) is 0 Å². The van der Waals surface area contributed by atoms with Gasteiger partial charge >= 0.3 is 6.18 Å². The van der Waals surface area contributed by atoms with E-state index >= 15 is 0 Å². The topological polar surface area (TPSA) is 57.2 Å². The van der Waals surface area contributed by atoms with Crippen LogP contribution in [0.1, 0.15) is 39.0 Å². The predicted molar refractivity (Wildman–Crippen MR) is 108 cm³/mol. The van der Waals surface area contributed by atoms with E-state index in [-0.39, 0.29) is 42.4 Å². The van der Waals surface area contributed by atoms with Crippen LogP contribution in [-0.2, 0) is 9.53 Å². The number of rotatable bonds is 6. The maximum absolute atomic E-state index is 12.4. The third kappa shape index (κ3) is 8.41. The molecule has 1 N–H and O–H groups in total. The van der Waals surface area contributed by atoms with E-state index in [0.29, 0.717) is 58.3 Å². The summed E-state index contributed by atoms with van der Waals surface area (Å²) in [5.41, 5.74) is 0. The Bertz CT molecular complexity index is 477. The molecule has 2 saturated heterocycles. The second kappa shape index (κ2) is 11.9. The first-order chi connectivity index (χ1) is 12.4. The maximum Gasteiger partial charge on any atom is 0.389 e. The third-order valence-corrected chi connectivity index (χ3v) is 4.56. The zero-order valence-electron chi connectivity index (χ0n) is 15.8. The number of unbranched alkanes of at least 4 members (excludes halogenated alkanes) is 1. The Morgan fingerprint density at radius 2 is 1.85 bits per heavy atom. The molecule has 1 unspecified atom stereocenters. The molecule has 0 aromatic heterocycles. The molecule has 2 heterocycles. The smallest absolute Gasteiger partial charge is 0.368 e. The number of piperazine rings is 1. The Labute approximate surface area is 175 Å². The summed E-state index contributed by atoms with van der Waals surface area (Å²) in [7, 11) is 0. The standard InChI is InChI=1S/C17H29F3N4O2.HI/c1-2-21-16(22-8-4-3-7-17(18,19)20)24-11-9-23(10-12-24)15(25)14-6-5-13-26-14;/h14H,2-13H2,1H3,(H,21,22);1H. The molecule has 158 valence electrons. The molecule has 0 spiro atoms. The van der Waals surface area contributed by atoms with Crippen molar-refractivity contribution >= 4 is 35.8 Å². The van der Waals surface area contributed by atoms with Crippen LogP contribution in [0.3, 0.4) is 0 Å². The molecule has 2 aliphatic heterocycles. The molecule has 2 rings (SSSR count). The molecule has 0 saturated carbocycles. The Morgan fingerprint density at radius 3 is 2.41 bits per heavy atom. The van der Waals surface area contributed by atoms with Gasteiger partial charge in [0.05, 0.1) is 0 Å². The molecule has 0 aliphatic carbocycles. The highest BCUT2D eigenvalue weighted by atomic mass is 127. The second-order valence-electron chi connectivity index (χ2n) is 6.62. The molecule has 2 aliphatic rings. The normalized spacial score (nSPS) is 21.2. The van der Waals surface area contributed by atoms with Gasteiger partial charge in [-0.25, -0.2) is 0 Å². The Balaban J connectivity index is 0.00000364. The van der Waals surface area contributed by atoms with Gasteiger partial charge in [0.25, 0.3) is 5.91 Å². The molecule has 1 atom stereocenters. The summed E-state index contributed by atoms with van der Waals surface area (Å²) in [6.07, 6.45) is -2.93. The fraction of sp³-hybridized carbons (Fsp3) is 0.882. The van der Waals surface area contributed by atoms with Crippen LogP contribution in [0.15, 0.2) is 4.99 Å². The third-order valence-electron chi connectivity index (χ3n) is 4.56. The summed E-state index contributed by atoms with van der Waals surface area (Å²) >= 11 is 0. The van der Waals surface area contributed by atoms with Gasteiger partial charge in [-0.3, -0.25) is 9.79 Å². The molecule has 0 radical (unpaired) electrons. The molecule has 0 aromatic rings. The quantitative estimate of drug-likeness (QED) is 0.261. The van der Waals surface area contributed by atoms with Crippen molar-refractivity contribution in [2.45, 2.75) is 51.3 Å². The number of alkyl halides is 3. The molecular formula is C17H30F3IN4O2. The van der Waals surface area contributed by atoms with E-state index in [1.165, 1.54) is 0 Å². The van der Waals surface area contributed by atoms with Crippen molar-refractivity contribution in [2.75, 3.05) is 45.9 Å². The minimum absolute atomic E-state index is 0. The number of halogens is 4. The lowest BCUT2D eigenvalue weighted by Gasteiger charge is -2.37. The van der Waals surface area contributed by atoms with Crippen LogP contribution >= 0.6 is 24.0 Å². The zero-order chi connectivity index (χ0) is 19.0. The van der Waals surface area contributed by atoms with Gasteiger partial charge in [0, 0.05) is 52.3 Å². The Kier molecular flexibility index (Phi) is 10.7. The van der Waals surface area contributed by atoms with E-state index < -0.39 is 12.6 Å². The summed E-state index contributed by atoms with van der Waals surface area (Å²) in [5.74, 6) is 0.778. The average Bonchev–Trinajstić information content (AvgIpc) is 3.14. The van der Waals surface area contributed by atoms with Gasteiger partial charge < -0.3 is 19.9 Å². The number of nitrogens with one attached hydrogen (secondary N) is 1. The zero-order valence-corrected chi connectivity index (χ0v) is 18.1. The van der Waals surface area contributed by atoms with Crippen molar-refractivity contribution in [1.29, 1.82) is 0 Å². The van der Waals surface area contributed by atoms with Crippen molar-refractivity contribution in [3.63, 3.8) is 0 Å². The molecule has 6 nitrogen and oxygen atoms in total. The van der Waals surface area contributed by atoms with E-state index in [1.807, 2.05) is 11.8 Å². The van der Waals surface area contributed by atoms with Gasteiger partial charge in [-0.15, -0.1) is 24.0 Å². The monoisotopic (exact) mass is 506 g/mol. The number of carbonyl (C=O) groups excluding carboxylic acids is 1. The number of hydrogen-bond acceptors (Lipinski definition) is 3. The highest BCUT2D eigenvalue weighted by Crippen LogP contribution is 2.22. The van der Waals surface area contributed by atoms with Gasteiger partial charge in [0.2, 0.25) is 0 Å². The molecule has 0 bridgehead atoms. The number of amides is 1. The van der Waals surface area contributed by atoms with Crippen LogP contribution in [0, 0.1) is 0 Å². The van der Waals surface area contributed by atoms with Crippen LogP contribution < -0.4 is 5.32 Å². The minimum Gasteiger partial charge on any atom is -0.368 e. The fourth-order valence-corrected chi connectivity index (χ4v) is 3.16. The number of carbonyl (C=O) groups is 1. The van der Waals surface area contributed by atoms with E-state index in [4.69, 9.17) is 4.74 Å². The first kappa shape index (κ1) is 24.3. The molecule has 1 amide bonds. The molecule has 0 aromatic carbocycles. The summed E-state index contributed by atoms with van der Waals surface area (Å²) in [4.78, 5) is 20.7. The first-order valence-electron chi connectivity index (χ1n) is 9.41. The average molecular weight is 506 g/mol. The van der Waals surface area contributed by atoms with Crippen molar-refractivity contribution in [3.8, 4) is 0 Å². The van der Waals surface area contributed by atoms with Crippen LogP contribution in [0.2, 0.25) is 0 Å². The van der Waals surface area contributed by atoms with Crippen LogP contribution in [0.4, 0.5) is 13.2 Å². The summed E-state index contributed by atoms with van der Waals surface area (Å²) in [5, 5.41) is 3.18. The van der Waals surface area contributed by atoms with Gasteiger partial charge in [0.15, 0.2) is 5.96 Å². The van der Waals surface area contributed by atoms with E-state index in [2.05, 4.69) is 15.2 Å².